The number of ether oxygens (including phenoxy) is 1. The molecule has 3 heterocycles. The van der Waals surface area contributed by atoms with Gasteiger partial charge in [0.25, 0.3) is 5.56 Å². The summed E-state index contributed by atoms with van der Waals surface area (Å²) in [5.74, 6) is 4.21. The molecule has 2 N–H and O–H groups in total. The maximum absolute atomic E-state index is 13.3. The van der Waals surface area contributed by atoms with E-state index in [0.717, 1.165) is 26.2 Å². The van der Waals surface area contributed by atoms with Crippen molar-refractivity contribution in [2.45, 2.75) is 26.2 Å². The standard InChI is InChI=1S/C22H24N6O3.C2HF3O2/c1-3-4-10-27-20-18(25-22(27)26-11-8-23-9-12-26)14-24-28(21(20)30)15-19(29)16-6-5-7-17(13-16)31-2;3-2(4,5)1(6)7/h5-7,13-14,23H,8-12,15H2,1-2H3;(H,6,7). The summed E-state index contributed by atoms with van der Waals surface area (Å²) in [6, 6.07) is 6.84. The largest absolute Gasteiger partial charge is 0.497 e. The number of aliphatic carboxylic acids is 1. The van der Waals surface area contributed by atoms with E-state index in [-0.39, 0.29) is 17.9 Å². The van der Waals surface area contributed by atoms with Crippen molar-refractivity contribution in [1.82, 2.24) is 24.6 Å². The van der Waals surface area contributed by atoms with Crippen LogP contribution in [0.1, 0.15) is 17.3 Å². The van der Waals surface area contributed by atoms with Gasteiger partial charge in [0.2, 0.25) is 5.95 Å². The number of carboxylic acids is 1. The Bertz CT molecular complexity index is 1430. The van der Waals surface area contributed by atoms with Crippen LogP contribution in [0.2, 0.25) is 0 Å². The number of nitrogens with one attached hydrogen (secondary N) is 1. The number of alkyl halides is 3. The molecule has 0 amide bonds. The molecule has 4 rings (SSSR count). The average molecular weight is 534 g/mol. The van der Waals surface area contributed by atoms with Gasteiger partial charge in [-0.3, -0.25) is 14.2 Å². The van der Waals surface area contributed by atoms with Gasteiger partial charge in [0.05, 0.1) is 19.9 Å². The molecule has 0 atom stereocenters. The number of piperazine rings is 1. The number of benzene rings is 1. The first kappa shape index (κ1) is 28.2. The number of hydrogen-bond donors (Lipinski definition) is 2. The van der Waals surface area contributed by atoms with Gasteiger partial charge in [-0.1, -0.05) is 18.1 Å². The van der Waals surface area contributed by atoms with E-state index >= 15 is 0 Å². The molecule has 1 aromatic carbocycles. The minimum absolute atomic E-state index is 0.171. The highest BCUT2D eigenvalue weighted by Crippen LogP contribution is 2.20. The number of hydrogen-bond acceptors (Lipinski definition) is 8. The zero-order valence-electron chi connectivity index (χ0n) is 20.6. The van der Waals surface area contributed by atoms with E-state index in [0.29, 0.717) is 34.8 Å². The first-order chi connectivity index (χ1) is 18.1. The van der Waals surface area contributed by atoms with Crippen LogP contribution in [0.4, 0.5) is 19.1 Å². The molecule has 11 nitrogen and oxygen atoms in total. The lowest BCUT2D eigenvalue weighted by molar-refractivity contribution is -0.192. The molecule has 202 valence electrons. The predicted octanol–water partition coefficient (Wildman–Crippen LogP) is 1.55. The molecule has 1 aliphatic rings. The quantitative estimate of drug-likeness (QED) is 0.357. The van der Waals surface area contributed by atoms with Crippen LogP contribution < -0.4 is 20.5 Å². The lowest BCUT2D eigenvalue weighted by Crippen LogP contribution is -2.44. The third-order valence-electron chi connectivity index (χ3n) is 5.47. The van der Waals surface area contributed by atoms with Gasteiger partial charge >= 0.3 is 12.1 Å². The highest BCUT2D eigenvalue weighted by molar-refractivity contribution is 5.96. The number of methoxy groups -OCH3 is 1. The van der Waals surface area contributed by atoms with Gasteiger partial charge in [0, 0.05) is 31.7 Å². The molecule has 2 aromatic heterocycles. The minimum Gasteiger partial charge on any atom is -0.497 e. The molecule has 0 spiro atoms. The molecule has 1 aliphatic heterocycles. The van der Waals surface area contributed by atoms with E-state index in [9.17, 15) is 22.8 Å². The number of nitrogens with zero attached hydrogens (tertiary/aromatic N) is 5. The number of imidazole rings is 1. The Morgan fingerprint density at radius 1 is 1.24 bits per heavy atom. The molecule has 0 radical (unpaired) electrons. The van der Waals surface area contributed by atoms with Crippen LogP contribution in [-0.4, -0.2) is 75.7 Å². The lowest BCUT2D eigenvalue weighted by Gasteiger charge is -2.28. The van der Waals surface area contributed by atoms with Gasteiger partial charge in [-0.15, -0.1) is 5.92 Å². The Hall–Kier alpha value is -4.38. The molecule has 0 bridgehead atoms. The van der Waals surface area contributed by atoms with Crippen LogP contribution >= 0.6 is 0 Å². The van der Waals surface area contributed by atoms with Gasteiger partial charge in [-0.25, -0.2) is 14.5 Å². The number of carbonyl (C=O) groups excluding carboxylic acids is 1. The maximum atomic E-state index is 13.3. The molecule has 0 saturated carbocycles. The van der Waals surface area contributed by atoms with Crippen LogP contribution in [0.25, 0.3) is 11.0 Å². The third-order valence-corrected chi connectivity index (χ3v) is 5.47. The van der Waals surface area contributed by atoms with Crippen molar-refractivity contribution < 1.29 is 32.6 Å². The van der Waals surface area contributed by atoms with Crippen LogP contribution in [-0.2, 0) is 17.9 Å². The topological polar surface area (TPSA) is 132 Å². The van der Waals surface area contributed by atoms with Crippen LogP contribution in [0, 0.1) is 11.8 Å². The van der Waals surface area contributed by atoms with Gasteiger partial charge < -0.3 is 20.1 Å². The Kier molecular flexibility index (Phi) is 9.08. The second-order valence-corrected chi connectivity index (χ2v) is 7.96. The van der Waals surface area contributed by atoms with E-state index in [1.165, 1.54) is 10.9 Å². The van der Waals surface area contributed by atoms with E-state index in [1.54, 1.807) is 38.3 Å². The van der Waals surface area contributed by atoms with Gasteiger partial charge in [0.1, 0.15) is 23.3 Å². The lowest BCUT2D eigenvalue weighted by atomic mass is 10.1. The van der Waals surface area contributed by atoms with E-state index < -0.39 is 12.1 Å². The van der Waals surface area contributed by atoms with Crippen LogP contribution in [0.15, 0.2) is 35.3 Å². The number of Topliss-reactive ketones (excluding diaryl/α,β-unsaturated/α-hetero) is 1. The van der Waals surface area contributed by atoms with Crippen LogP contribution in [0.3, 0.4) is 0 Å². The Balaban J connectivity index is 0.000000505. The smallest absolute Gasteiger partial charge is 0.490 e. The third kappa shape index (κ3) is 6.68. The molecule has 0 unspecified atom stereocenters. The average Bonchev–Trinajstić information content (AvgIpc) is 3.28. The van der Waals surface area contributed by atoms with E-state index in [1.807, 2.05) is 4.57 Å². The molecular formula is C24H25F3N6O5. The summed E-state index contributed by atoms with van der Waals surface area (Å²) in [4.78, 5) is 41.7. The molecule has 38 heavy (non-hydrogen) atoms. The molecule has 1 fully saturated rings. The number of halogens is 3. The fourth-order valence-electron chi connectivity index (χ4n) is 3.62. The highest BCUT2D eigenvalue weighted by Gasteiger charge is 2.38. The predicted molar refractivity (Wildman–Crippen MR) is 131 cm³/mol. The summed E-state index contributed by atoms with van der Waals surface area (Å²) in [5, 5.41) is 14.6. The van der Waals surface area contributed by atoms with E-state index in [2.05, 4.69) is 32.1 Å². The van der Waals surface area contributed by atoms with Crippen molar-refractivity contribution in [3.8, 4) is 17.6 Å². The Labute approximate surface area is 214 Å². The van der Waals surface area contributed by atoms with Crippen LogP contribution in [0.5, 0.6) is 5.75 Å². The number of fused-ring (bicyclic) bond motifs is 1. The fraction of sp³-hybridized carbons (Fsp3) is 0.375. The zero-order valence-corrected chi connectivity index (χ0v) is 20.6. The minimum atomic E-state index is -5.08. The number of ketones is 1. The zero-order chi connectivity index (χ0) is 27.9. The van der Waals surface area contributed by atoms with Crippen molar-refractivity contribution in [1.29, 1.82) is 0 Å². The second-order valence-electron chi connectivity index (χ2n) is 7.96. The summed E-state index contributed by atoms with van der Waals surface area (Å²) in [7, 11) is 1.54. The molecule has 0 aliphatic carbocycles. The summed E-state index contributed by atoms with van der Waals surface area (Å²) in [5.41, 5.74) is 1.01. The van der Waals surface area contributed by atoms with Crippen molar-refractivity contribution in [3.05, 3.63) is 46.4 Å². The summed E-state index contributed by atoms with van der Waals surface area (Å²) < 4.78 is 39.9. The first-order valence-electron chi connectivity index (χ1n) is 11.4. The second kappa shape index (κ2) is 12.2. The fourth-order valence-corrected chi connectivity index (χ4v) is 3.62. The number of carboxylic acid groups (broad SMARTS) is 1. The monoisotopic (exact) mass is 534 g/mol. The molecule has 3 aromatic rings. The summed E-state index contributed by atoms with van der Waals surface area (Å²) in [6.45, 7) is 5.21. The number of carbonyl (C=O) groups is 2. The van der Waals surface area contributed by atoms with Crippen molar-refractivity contribution in [3.63, 3.8) is 0 Å². The number of aromatic nitrogens is 4. The van der Waals surface area contributed by atoms with Crippen molar-refractivity contribution in [2.75, 3.05) is 38.2 Å². The Morgan fingerprint density at radius 3 is 2.53 bits per heavy atom. The van der Waals surface area contributed by atoms with Gasteiger partial charge in [-0.05, 0) is 19.1 Å². The van der Waals surface area contributed by atoms with Gasteiger partial charge in [-0.2, -0.15) is 18.3 Å². The molecule has 14 heteroatoms. The Morgan fingerprint density at radius 2 is 1.92 bits per heavy atom. The van der Waals surface area contributed by atoms with Crippen molar-refractivity contribution >= 4 is 28.7 Å². The van der Waals surface area contributed by atoms with Crippen molar-refractivity contribution in [2.24, 2.45) is 0 Å². The molecule has 1 saturated heterocycles. The number of anilines is 1. The molecular weight excluding hydrogens is 509 g/mol. The van der Waals surface area contributed by atoms with Gasteiger partial charge in [0.15, 0.2) is 5.78 Å². The summed E-state index contributed by atoms with van der Waals surface area (Å²) >= 11 is 0. The normalized spacial score (nSPS) is 13.2. The highest BCUT2D eigenvalue weighted by atomic mass is 19.4. The van der Waals surface area contributed by atoms with E-state index in [4.69, 9.17) is 14.6 Å². The first-order valence-corrected chi connectivity index (χ1v) is 11.4. The maximum Gasteiger partial charge on any atom is 0.490 e. The number of rotatable bonds is 6. The summed E-state index contributed by atoms with van der Waals surface area (Å²) in [6.07, 6.45) is -3.54. The SMILES string of the molecule is CC#CCn1c(N2CCNCC2)nc2cnn(CC(=O)c3cccc(OC)c3)c(=O)c21.O=C(O)C(F)(F)F.